The van der Waals surface area contributed by atoms with Crippen molar-refractivity contribution in [1.82, 2.24) is 24.5 Å². The van der Waals surface area contributed by atoms with Crippen molar-refractivity contribution in [3.63, 3.8) is 0 Å². The number of fused-ring (bicyclic) bond motifs is 2. The van der Waals surface area contributed by atoms with E-state index in [1.807, 2.05) is 48.4 Å². The number of nitrogens with zero attached hydrogens (tertiary/aromatic N) is 6. The van der Waals surface area contributed by atoms with Crippen LogP contribution in [-0.4, -0.2) is 70.3 Å². The molecule has 2 saturated heterocycles. The quantitative estimate of drug-likeness (QED) is 0.367. The highest BCUT2D eigenvalue weighted by atomic mass is 32.1. The predicted molar refractivity (Wildman–Crippen MR) is 152 cm³/mol. The van der Waals surface area contributed by atoms with Crippen molar-refractivity contribution >= 4 is 34.5 Å². The van der Waals surface area contributed by atoms with E-state index in [2.05, 4.69) is 21.3 Å². The first-order chi connectivity index (χ1) is 18.9. The van der Waals surface area contributed by atoms with Gasteiger partial charge in [0.15, 0.2) is 17.1 Å². The first-order valence-corrected chi connectivity index (χ1v) is 14.0. The number of nitrogens with one attached hydrogen (secondary N) is 1. The standard InChI is InChI=1S/C28H33N7O3S/c1-16-23(39-18(3)30-16)14-29-24-13-25(33-10-11-34-20(15-33)7-9-26(34)36)31-28-27(17(2)32-35(24)28)19-6-8-21(37-4)22(12-19)38-5/h6,8,12-13,20,29H,7,9-11,14-15H2,1-5H3. The van der Waals surface area contributed by atoms with E-state index in [9.17, 15) is 4.79 Å². The molecule has 0 aliphatic carbocycles. The fourth-order valence-corrected chi connectivity index (χ4v) is 6.59. The van der Waals surface area contributed by atoms with Crippen LogP contribution in [0.4, 0.5) is 11.6 Å². The summed E-state index contributed by atoms with van der Waals surface area (Å²) in [6.45, 7) is 8.97. The second kappa shape index (κ2) is 10.0. The molecular formula is C28H33N7O3S. The first kappa shape index (κ1) is 25.4. The molecule has 0 saturated carbocycles. The molecule has 1 aromatic carbocycles. The summed E-state index contributed by atoms with van der Waals surface area (Å²) >= 11 is 1.70. The average molecular weight is 548 g/mol. The van der Waals surface area contributed by atoms with E-state index in [1.54, 1.807) is 25.6 Å². The van der Waals surface area contributed by atoms with Gasteiger partial charge < -0.3 is 24.6 Å². The zero-order chi connectivity index (χ0) is 27.3. The molecule has 11 heteroatoms. The summed E-state index contributed by atoms with van der Waals surface area (Å²) in [6.07, 6.45) is 1.53. The number of hydrogen-bond acceptors (Lipinski definition) is 9. The molecule has 0 bridgehead atoms. The molecule has 2 aliphatic heterocycles. The van der Waals surface area contributed by atoms with Gasteiger partial charge in [0.05, 0.1) is 37.2 Å². The average Bonchev–Trinajstić information content (AvgIpc) is 3.59. The van der Waals surface area contributed by atoms with Crippen molar-refractivity contribution in [3.05, 3.63) is 45.5 Å². The lowest BCUT2D eigenvalue weighted by molar-refractivity contribution is -0.129. The summed E-state index contributed by atoms with van der Waals surface area (Å²) in [6, 6.07) is 8.20. The van der Waals surface area contributed by atoms with E-state index < -0.39 is 0 Å². The lowest BCUT2D eigenvalue weighted by atomic mass is 10.1. The summed E-state index contributed by atoms with van der Waals surface area (Å²) in [7, 11) is 3.27. The minimum Gasteiger partial charge on any atom is -0.493 e. The summed E-state index contributed by atoms with van der Waals surface area (Å²) < 4.78 is 12.9. The second-order valence-electron chi connectivity index (χ2n) is 10.1. The molecule has 0 spiro atoms. The van der Waals surface area contributed by atoms with Gasteiger partial charge >= 0.3 is 0 Å². The minimum atomic E-state index is 0.237. The third-order valence-electron chi connectivity index (χ3n) is 7.67. The third-order valence-corrected chi connectivity index (χ3v) is 8.74. The fraction of sp³-hybridized carbons (Fsp3) is 0.429. The van der Waals surface area contributed by atoms with Crippen LogP contribution < -0.4 is 19.7 Å². The van der Waals surface area contributed by atoms with E-state index in [0.717, 1.165) is 70.9 Å². The van der Waals surface area contributed by atoms with Gasteiger partial charge in [0.2, 0.25) is 5.91 Å². The van der Waals surface area contributed by atoms with E-state index in [0.29, 0.717) is 24.5 Å². The monoisotopic (exact) mass is 547 g/mol. The summed E-state index contributed by atoms with van der Waals surface area (Å²) in [4.78, 5) is 27.6. The number of carbonyl (C=O) groups excluding carboxylic acids is 1. The van der Waals surface area contributed by atoms with Gasteiger partial charge in [-0.1, -0.05) is 6.07 Å². The highest BCUT2D eigenvalue weighted by molar-refractivity contribution is 7.11. The van der Waals surface area contributed by atoms with Crippen LogP contribution in [0.1, 0.15) is 34.1 Å². The van der Waals surface area contributed by atoms with Crippen molar-refractivity contribution in [2.75, 3.05) is 44.1 Å². The first-order valence-electron chi connectivity index (χ1n) is 13.2. The minimum absolute atomic E-state index is 0.237. The van der Waals surface area contributed by atoms with Crippen LogP contribution in [0, 0.1) is 20.8 Å². The Bertz CT molecular complexity index is 1560. The molecule has 4 aromatic rings. The van der Waals surface area contributed by atoms with Gasteiger partial charge in [-0.3, -0.25) is 4.79 Å². The summed E-state index contributed by atoms with van der Waals surface area (Å²) in [5.41, 5.74) is 4.57. The van der Waals surface area contributed by atoms with Crippen molar-refractivity contribution in [2.45, 2.75) is 46.2 Å². The van der Waals surface area contributed by atoms with Gasteiger partial charge in [-0.25, -0.2) is 9.97 Å². The Morgan fingerprint density at radius 3 is 2.62 bits per heavy atom. The number of thiazole rings is 1. The number of carbonyl (C=O) groups is 1. The molecule has 39 heavy (non-hydrogen) atoms. The Labute approximate surface area is 231 Å². The lowest BCUT2D eigenvalue weighted by Gasteiger charge is -2.38. The highest BCUT2D eigenvalue weighted by Gasteiger charge is 2.36. The van der Waals surface area contributed by atoms with Gasteiger partial charge in [0.1, 0.15) is 11.6 Å². The van der Waals surface area contributed by atoms with Crippen LogP contribution >= 0.6 is 11.3 Å². The zero-order valence-corrected chi connectivity index (χ0v) is 23.8. The molecule has 204 valence electrons. The largest absolute Gasteiger partial charge is 0.493 e. The van der Waals surface area contributed by atoms with Gasteiger partial charge in [-0.15, -0.1) is 11.3 Å². The molecule has 10 nitrogen and oxygen atoms in total. The molecule has 1 amide bonds. The maximum Gasteiger partial charge on any atom is 0.223 e. The molecule has 2 fully saturated rings. The molecule has 5 heterocycles. The Morgan fingerprint density at radius 2 is 1.87 bits per heavy atom. The molecule has 1 atom stereocenters. The fourth-order valence-electron chi connectivity index (χ4n) is 5.71. The smallest absolute Gasteiger partial charge is 0.223 e. The molecular weight excluding hydrogens is 514 g/mol. The van der Waals surface area contributed by atoms with Crippen LogP contribution in [0.3, 0.4) is 0 Å². The number of methoxy groups -OCH3 is 2. The molecule has 1 N–H and O–H groups in total. The van der Waals surface area contributed by atoms with Crippen molar-refractivity contribution in [2.24, 2.45) is 0 Å². The SMILES string of the molecule is COc1ccc(-c2c(C)nn3c(NCc4sc(C)nc4C)cc(N4CCN5C(=O)CCC5C4)nc23)cc1OC. The van der Waals surface area contributed by atoms with Gasteiger partial charge in [0.25, 0.3) is 0 Å². The molecule has 0 radical (unpaired) electrons. The number of benzene rings is 1. The normalized spacial score (nSPS) is 17.2. The molecule has 1 unspecified atom stereocenters. The number of hydrogen-bond donors (Lipinski definition) is 1. The predicted octanol–water partition coefficient (Wildman–Crippen LogP) is 4.22. The van der Waals surface area contributed by atoms with Crippen molar-refractivity contribution in [1.29, 1.82) is 0 Å². The van der Waals surface area contributed by atoms with Crippen LogP contribution in [0.2, 0.25) is 0 Å². The molecule has 3 aromatic heterocycles. The molecule has 6 rings (SSSR count). The molecule has 2 aliphatic rings. The van der Waals surface area contributed by atoms with Crippen LogP contribution in [0.15, 0.2) is 24.3 Å². The topological polar surface area (TPSA) is 97.1 Å². The van der Waals surface area contributed by atoms with Gasteiger partial charge in [-0.2, -0.15) is 9.61 Å². The summed E-state index contributed by atoms with van der Waals surface area (Å²) in [5, 5.41) is 9.59. The zero-order valence-electron chi connectivity index (χ0n) is 22.9. The Morgan fingerprint density at radius 1 is 1.05 bits per heavy atom. The number of piperazine rings is 1. The number of amides is 1. The van der Waals surface area contributed by atoms with Crippen LogP contribution in [-0.2, 0) is 11.3 Å². The number of ether oxygens (including phenoxy) is 2. The highest BCUT2D eigenvalue weighted by Crippen LogP contribution is 2.37. The number of aryl methyl sites for hydroxylation is 3. The van der Waals surface area contributed by atoms with E-state index in [-0.39, 0.29) is 11.9 Å². The third kappa shape index (κ3) is 4.54. The summed E-state index contributed by atoms with van der Waals surface area (Å²) in [5.74, 6) is 3.33. The van der Waals surface area contributed by atoms with Crippen molar-refractivity contribution in [3.8, 4) is 22.6 Å². The Kier molecular flexibility index (Phi) is 6.54. The van der Waals surface area contributed by atoms with Crippen LogP contribution in [0.25, 0.3) is 16.8 Å². The second-order valence-corrected chi connectivity index (χ2v) is 11.4. The number of aromatic nitrogens is 4. The van der Waals surface area contributed by atoms with E-state index >= 15 is 0 Å². The number of anilines is 2. The maximum absolute atomic E-state index is 12.3. The van der Waals surface area contributed by atoms with E-state index in [1.165, 1.54) is 4.88 Å². The van der Waals surface area contributed by atoms with E-state index in [4.69, 9.17) is 19.6 Å². The van der Waals surface area contributed by atoms with Crippen molar-refractivity contribution < 1.29 is 14.3 Å². The maximum atomic E-state index is 12.3. The lowest BCUT2D eigenvalue weighted by Crippen LogP contribution is -2.51. The van der Waals surface area contributed by atoms with Gasteiger partial charge in [-0.05, 0) is 44.9 Å². The van der Waals surface area contributed by atoms with Gasteiger partial charge in [0, 0.05) is 48.6 Å². The van der Waals surface area contributed by atoms with Crippen LogP contribution in [0.5, 0.6) is 11.5 Å². The Hall–Kier alpha value is -3.86. The Balaban J connectivity index is 1.44. The number of rotatable bonds is 7.